The first-order chi connectivity index (χ1) is 18.1. The number of ether oxygens (including phenoxy) is 1. The molecule has 12 heteroatoms. The lowest BCUT2D eigenvalue weighted by atomic mass is 9.87. The quantitative estimate of drug-likeness (QED) is 0.385. The van der Waals surface area contributed by atoms with Crippen molar-refractivity contribution in [1.29, 1.82) is 0 Å². The van der Waals surface area contributed by atoms with Crippen LogP contribution in [0.25, 0.3) is 11.2 Å². The molecule has 1 fully saturated rings. The molecule has 1 aliphatic carbocycles. The van der Waals surface area contributed by atoms with E-state index in [1.165, 1.54) is 12.4 Å². The van der Waals surface area contributed by atoms with E-state index in [0.717, 1.165) is 9.54 Å². The molecule has 210 valence electrons. The normalized spacial score (nSPS) is 18.1. The maximum atomic E-state index is 13.3. The topological polar surface area (TPSA) is 144 Å². The van der Waals surface area contributed by atoms with Crippen LogP contribution in [-0.4, -0.2) is 46.0 Å². The van der Waals surface area contributed by atoms with E-state index >= 15 is 0 Å². The minimum absolute atomic E-state index is 0.0941. The van der Waals surface area contributed by atoms with Crippen molar-refractivity contribution in [2.24, 2.45) is 5.92 Å². The number of aromatic nitrogens is 3. The zero-order valence-corrected chi connectivity index (χ0v) is 23.9. The Hall–Kier alpha value is -3.67. The number of carbonyl (C=O) groups is 2. The molecule has 4 rings (SSSR count). The molecule has 1 aromatic carbocycles. The molecule has 2 amide bonds. The van der Waals surface area contributed by atoms with Gasteiger partial charge in [-0.2, -0.15) is 0 Å². The van der Waals surface area contributed by atoms with E-state index in [1.54, 1.807) is 39.0 Å². The molecule has 0 bridgehead atoms. The number of nitrogens with one attached hydrogen (secondary N) is 3. The van der Waals surface area contributed by atoms with Gasteiger partial charge in [0.25, 0.3) is 10.0 Å². The number of hydrogen-bond donors (Lipinski definition) is 3. The van der Waals surface area contributed by atoms with Gasteiger partial charge in [-0.1, -0.05) is 32.9 Å². The molecule has 3 aromatic rings. The average molecular weight is 557 g/mol. The molecule has 0 radical (unpaired) electrons. The maximum Gasteiger partial charge on any atom is 0.407 e. The van der Waals surface area contributed by atoms with Crippen LogP contribution in [0.3, 0.4) is 0 Å². The van der Waals surface area contributed by atoms with Gasteiger partial charge in [0.2, 0.25) is 5.91 Å². The highest BCUT2D eigenvalue weighted by atomic mass is 32.2. The third-order valence-corrected chi connectivity index (χ3v) is 8.15. The Morgan fingerprint density at radius 3 is 2.36 bits per heavy atom. The van der Waals surface area contributed by atoms with E-state index in [2.05, 4.69) is 46.9 Å². The first-order valence-corrected chi connectivity index (χ1v) is 14.3. The second-order valence-corrected chi connectivity index (χ2v) is 13.6. The van der Waals surface area contributed by atoms with Crippen LogP contribution in [0.2, 0.25) is 0 Å². The van der Waals surface area contributed by atoms with Gasteiger partial charge in [0.05, 0.1) is 11.1 Å². The smallest absolute Gasteiger partial charge is 0.407 e. The predicted molar refractivity (Wildman–Crippen MR) is 148 cm³/mol. The second kappa shape index (κ2) is 10.5. The summed E-state index contributed by atoms with van der Waals surface area (Å²) >= 11 is 0. The lowest BCUT2D eigenvalue weighted by Crippen LogP contribution is -2.39. The summed E-state index contributed by atoms with van der Waals surface area (Å²) in [5.41, 5.74) is 6.27. The molecular weight excluding hydrogens is 520 g/mol. The van der Waals surface area contributed by atoms with Gasteiger partial charge in [-0.3, -0.25) is 15.6 Å². The lowest BCUT2D eigenvalue weighted by molar-refractivity contribution is -0.124. The molecule has 0 saturated heterocycles. The molecule has 3 N–H and O–H groups in total. The molecule has 2 heterocycles. The first kappa shape index (κ1) is 28.3. The van der Waals surface area contributed by atoms with Crippen LogP contribution >= 0.6 is 0 Å². The van der Waals surface area contributed by atoms with Crippen LogP contribution in [0.1, 0.15) is 66.4 Å². The van der Waals surface area contributed by atoms with Crippen molar-refractivity contribution >= 4 is 39.0 Å². The fraction of sp³-hybridized carbons (Fsp3) is 0.481. The number of hydrogen-bond acceptors (Lipinski definition) is 8. The zero-order chi connectivity index (χ0) is 28.6. The lowest BCUT2D eigenvalue weighted by Gasteiger charge is -2.21. The number of benzene rings is 1. The summed E-state index contributed by atoms with van der Waals surface area (Å²) in [6.07, 6.45) is 4.07. The van der Waals surface area contributed by atoms with Gasteiger partial charge in [-0.25, -0.2) is 27.2 Å². The van der Waals surface area contributed by atoms with Crippen molar-refractivity contribution in [3.05, 3.63) is 48.3 Å². The fourth-order valence-electron chi connectivity index (χ4n) is 4.43. The zero-order valence-electron chi connectivity index (χ0n) is 23.1. The number of anilines is 1. The minimum Gasteiger partial charge on any atom is -0.444 e. The monoisotopic (exact) mass is 556 g/mol. The summed E-state index contributed by atoms with van der Waals surface area (Å²) in [4.78, 5) is 33.5. The minimum atomic E-state index is -3.87. The highest BCUT2D eigenvalue weighted by Crippen LogP contribution is 2.27. The van der Waals surface area contributed by atoms with Gasteiger partial charge < -0.3 is 10.1 Å². The van der Waals surface area contributed by atoms with E-state index in [1.807, 2.05) is 12.1 Å². The average Bonchev–Trinajstić information content (AvgIpc) is 3.48. The Labute approximate surface area is 228 Å². The Bertz CT molecular complexity index is 1470. The molecule has 2 aromatic heterocycles. The van der Waals surface area contributed by atoms with Crippen molar-refractivity contribution in [3.63, 3.8) is 0 Å². The van der Waals surface area contributed by atoms with Crippen molar-refractivity contribution in [1.82, 2.24) is 24.7 Å². The predicted octanol–water partition coefficient (Wildman–Crippen LogP) is 4.10. The summed E-state index contributed by atoms with van der Waals surface area (Å²) in [5.74, 6) is -0.254. The summed E-state index contributed by atoms with van der Waals surface area (Å²) < 4.78 is 32.9. The van der Waals surface area contributed by atoms with Crippen LogP contribution in [0.15, 0.2) is 47.6 Å². The molecule has 1 aliphatic rings. The standard InChI is InChI=1S/C27H36N6O5S/c1-26(2,3)18-8-11-20(12-9-18)39(36,37)33-14-13-21-23(33)28-16-22(30-21)31-32-24(34)17-7-10-19(15-17)29-25(35)38-27(4,5)6/h8-9,11-14,16-17,19H,7,10,15H2,1-6H3,(H,29,35)(H,30,31)(H,32,34)/t17-,19-/m1/s1. The fourth-order valence-corrected chi connectivity index (χ4v) is 5.73. The second-order valence-electron chi connectivity index (χ2n) is 11.8. The van der Waals surface area contributed by atoms with Gasteiger partial charge in [-0.05, 0) is 69.2 Å². The van der Waals surface area contributed by atoms with Crippen LogP contribution in [0.5, 0.6) is 0 Å². The Balaban J connectivity index is 1.38. The summed E-state index contributed by atoms with van der Waals surface area (Å²) in [5, 5.41) is 2.81. The SMILES string of the molecule is CC(C)(C)OC(=O)N[C@@H]1CC[C@@H](C(=O)NNc2cnc3c(ccn3S(=O)(=O)c3ccc(C(C)(C)C)cc3)n2)C1. The third-order valence-electron chi connectivity index (χ3n) is 6.47. The molecule has 0 unspecified atom stereocenters. The van der Waals surface area contributed by atoms with E-state index < -0.39 is 21.7 Å². The molecule has 39 heavy (non-hydrogen) atoms. The Morgan fingerprint density at radius 2 is 1.72 bits per heavy atom. The number of fused-ring (bicyclic) bond motifs is 1. The van der Waals surface area contributed by atoms with Crippen LogP contribution in [0, 0.1) is 5.92 Å². The van der Waals surface area contributed by atoms with E-state index in [9.17, 15) is 18.0 Å². The van der Waals surface area contributed by atoms with Gasteiger partial charge >= 0.3 is 6.09 Å². The van der Waals surface area contributed by atoms with Crippen molar-refractivity contribution in [2.45, 2.75) is 82.8 Å². The van der Waals surface area contributed by atoms with Crippen LogP contribution in [0.4, 0.5) is 10.6 Å². The van der Waals surface area contributed by atoms with Gasteiger partial charge in [-0.15, -0.1) is 0 Å². The summed E-state index contributed by atoms with van der Waals surface area (Å²) in [6.45, 7) is 11.6. The van der Waals surface area contributed by atoms with Gasteiger partial charge in [0, 0.05) is 18.2 Å². The molecular formula is C27H36N6O5S. The van der Waals surface area contributed by atoms with Crippen LogP contribution in [-0.2, 0) is 25.0 Å². The summed E-state index contributed by atoms with van der Waals surface area (Å²) in [6, 6.07) is 8.23. The molecule has 1 saturated carbocycles. The van der Waals surface area contributed by atoms with E-state index in [0.29, 0.717) is 24.8 Å². The summed E-state index contributed by atoms with van der Waals surface area (Å²) in [7, 11) is -3.87. The number of carbonyl (C=O) groups excluding carboxylic acids is 2. The number of amides is 2. The number of hydrazine groups is 1. The largest absolute Gasteiger partial charge is 0.444 e. The maximum absolute atomic E-state index is 13.3. The highest BCUT2D eigenvalue weighted by Gasteiger charge is 2.32. The first-order valence-electron chi connectivity index (χ1n) is 12.9. The van der Waals surface area contributed by atoms with Crippen molar-refractivity contribution < 1.29 is 22.7 Å². The number of nitrogens with zero attached hydrogens (tertiary/aromatic N) is 3. The number of alkyl carbamates (subject to hydrolysis) is 1. The van der Waals surface area contributed by atoms with E-state index in [-0.39, 0.29) is 39.6 Å². The molecule has 0 aliphatic heterocycles. The molecule has 11 nitrogen and oxygen atoms in total. The van der Waals surface area contributed by atoms with Gasteiger partial charge in [0.15, 0.2) is 11.5 Å². The Morgan fingerprint density at radius 1 is 1.03 bits per heavy atom. The highest BCUT2D eigenvalue weighted by molar-refractivity contribution is 7.90. The van der Waals surface area contributed by atoms with Crippen molar-refractivity contribution in [2.75, 3.05) is 5.43 Å². The Kier molecular flexibility index (Phi) is 7.61. The third kappa shape index (κ3) is 6.67. The molecule has 0 spiro atoms. The van der Waals surface area contributed by atoms with Gasteiger partial charge in [0.1, 0.15) is 11.1 Å². The van der Waals surface area contributed by atoms with E-state index in [4.69, 9.17) is 4.74 Å². The molecule has 2 atom stereocenters. The van der Waals surface area contributed by atoms with Crippen molar-refractivity contribution in [3.8, 4) is 0 Å². The van der Waals surface area contributed by atoms with Crippen LogP contribution < -0.4 is 16.2 Å². The number of rotatable bonds is 6.